The van der Waals surface area contributed by atoms with Gasteiger partial charge in [0.1, 0.15) is 0 Å². The molecule has 1 aliphatic rings. The fraction of sp³-hybridized carbons (Fsp3) is 0.385. The number of rotatable bonds is 2. The Hall–Kier alpha value is -1.44. The van der Waals surface area contributed by atoms with Gasteiger partial charge in [0.2, 0.25) is 0 Å². The molecule has 1 aromatic carbocycles. The van der Waals surface area contributed by atoms with Gasteiger partial charge in [0.15, 0.2) is 12.1 Å². The Labute approximate surface area is 89.3 Å². The lowest BCUT2D eigenvalue weighted by atomic mass is 9.85. The number of hydrogen-bond acceptors (Lipinski definition) is 2. The second kappa shape index (κ2) is 3.97. The van der Waals surface area contributed by atoms with Gasteiger partial charge in [-0.15, -0.1) is 0 Å². The molecule has 1 aliphatic carbocycles. The Morgan fingerprint density at radius 2 is 2.00 bits per heavy atom. The lowest BCUT2D eigenvalue weighted by Gasteiger charge is -2.18. The van der Waals surface area contributed by atoms with Crippen LogP contribution in [0.25, 0.3) is 0 Å². The van der Waals surface area contributed by atoms with Gasteiger partial charge in [-0.3, -0.25) is 9.59 Å². The largest absolute Gasteiger partial charge is 0.298 e. The summed E-state index contributed by atoms with van der Waals surface area (Å²) in [7, 11) is 0. The van der Waals surface area contributed by atoms with Crippen LogP contribution in [-0.2, 0) is 12.8 Å². The Bertz CT molecular complexity index is 419. The van der Waals surface area contributed by atoms with E-state index in [1.54, 1.807) is 6.07 Å². The maximum Gasteiger partial charge on any atom is 0.160 e. The number of carbonyl (C=O) groups is 2. The van der Waals surface area contributed by atoms with Gasteiger partial charge in [-0.05, 0) is 43.7 Å². The van der Waals surface area contributed by atoms with Crippen LogP contribution in [0.1, 0.15) is 51.6 Å². The van der Waals surface area contributed by atoms with E-state index in [-0.39, 0.29) is 5.78 Å². The topological polar surface area (TPSA) is 34.1 Å². The molecule has 15 heavy (non-hydrogen) atoms. The van der Waals surface area contributed by atoms with E-state index in [2.05, 4.69) is 0 Å². The molecule has 0 spiro atoms. The van der Waals surface area contributed by atoms with Gasteiger partial charge < -0.3 is 0 Å². The highest BCUT2D eigenvalue weighted by atomic mass is 16.1. The molecular weight excluding hydrogens is 188 g/mol. The number of Topliss-reactive ketones (excluding diaryl/α,β-unsaturated/α-hetero) is 1. The molecule has 0 bridgehead atoms. The molecule has 0 aromatic heterocycles. The van der Waals surface area contributed by atoms with Crippen molar-refractivity contribution in [3.8, 4) is 0 Å². The first-order valence-corrected chi connectivity index (χ1v) is 5.35. The molecule has 2 heteroatoms. The maximum absolute atomic E-state index is 11.4. The van der Waals surface area contributed by atoms with Crippen molar-refractivity contribution in [2.75, 3.05) is 0 Å². The lowest BCUT2D eigenvalue weighted by molar-refractivity contribution is 0.100. The number of fused-ring (bicyclic) bond motifs is 1. The van der Waals surface area contributed by atoms with E-state index in [0.29, 0.717) is 11.1 Å². The molecule has 0 unspecified atom stereocenters. The minimum absolute atomic E-state index is 0.0227. The highest BCUT2D eigenvalue weighted by Crippen LogP contribution is 2.26. The van der Waals surface area contributed by atoms with Gasteiger partial charge in [-0.25, -0.2) is 0 Å². The fourth-order valence-corrected chi connectivity index (χ4v) is 2.30. The highest BCUT2D eigenvalue weighted by molar-refractivity contribution is 6.02. The maximum atomic E-state index is 11.4. The molecule has 1 aromatic rings. The van der Waals surface area contributed by atoms with E-state index in [1.165, 1.54) is 18.9 Å². The molecular formula is C13H14O2. The first kappa shape index (κ1) is 10.1. The van der Waals surface area contributed by atoms with E-state index < -0.39 is 0 Å². The van der Waals surface area contributed by atoms with E-state index in [0.717, 1.165) is 31.1 Å². The first-order chi connectivity index (χ1) is 7.24. The van der Waals surface area contributed by atoms with Crippen LogP contribution in [0.4, 0.5) is 0 Å². The zero-order chi connectivity index (χ0) is 10.8. The predicted molar refractivity (Wildman–Crippen MR) is 58.5 cm³/mol. The van der Waals surface area contributed by atoms with Crippen LogP contribution < -0.4 is 0 Å². The number of aldehydes is 1. The smallest absolute Gasteiger partial charge is 0.160 e. The first-order valence-electron chi connectivity index (χ1n) is 5.35. The highest BCUT2D eigenvalue weighted by Gasteiger charge is 2.17. The van der Waals surface area contributed by atoms with Gasteiger partial charge >= 0.3 is 0 Å². The van der Waals surface area contributed by atoms with Crippen LogP contribution in [-0.4, -0.2) is 12.1 Å². The van der Waals surface area contributed by atoms with Crippen LogP contribution in [0.5, 0.6) is 0 Å². The summed E-state index contributed by atoms with van der Waals surface area (Å²) in [5, 5.41) is 0. The Balaban J connectivity index is 2.61. The molecule has 0 saturated heterocycles. The number of benzene rings is 1. The summed E-state index contributed by atoms with van der Waals surface area (Å²) in [5.74, 6) is -0.0227. The average molecular weight is 202 g/mol. The van der Waals surface area contributed by atoms with Crippen molar-refractivity contribution in [1.82, 2.24) is 0 Å². The summed E-state index contributed by atoms with van der Waals surface area (Å²) in [6.45, 7) is 1.51. The van der Waals surface area contributed by atoms with Crippen molar-refractivity contribution in [3.63, 3.8) is 0 Å². The Kier molecular flexibility index (Phi) is 2.67. The standard InChI is InChI=1S/C13H14O2/c1-9(15)11-7-6-10-4-2-3-5-12(10)13(11)8-14/h6-8H,2-5H2,1H3. The molecule has 0 atom stereocenters. The second-order valence-corrected chi connectivity index (χ2v) is 4.05. The van der Waals surface area contributed by atoms with Crippen molar-refractivity contribution in [2.45, 2.75) is 32.6 Å². The van der Waals surface area contributed by atoms with Crippen LogP contribution in [0.2, 0.25) is 0 Å². The van der Waals surface area contributed by atoms with E-state index in [4.69, 9.17) is 0 Å². The van der Waals surface area contributed by atoms with E-state index >= 15 is 0 Å². The van der Waals surface area contributed by atoms with Crippen LogP contribution in [0.3, 0.4) is 0 Å². The summed E-state index contributed by atoms with van der Waals surface area (Å²) >= 11 is 0. The minimum Gasteiger partial charge on any atom is -0.298 e. The number of carbonyl (C=O) groups excluding carboxylic acids is 2. The summed E-state index contributed by atoms with van der Waals surface area (Å²) in [5.41, 5.74) is 3.54. The van der Waals surface area contributed by atoms with Gasteiger partial charge in [0, 0.05) is 11.1 Å². The van der Waals surface area contributed by atoms with Gasteiger partial charge in [-0.1, -0.05) is 12.1 Å². The van der Waals surface area contributed by atoms with Crippen LogP contribution in [0.15, 0.2) is 12.1 Å². The third kappa shape index (κ3) is 1.72. The van der Waals surface area contributed by atoms with Crippen molar-refractivity contribution < 1.29 is 9.59 Å². The normalized spacial score (nSPS) is 14.5. The molecule has 2 rings (SSSR count). The van der Waals surface area contributed by atoms with Crippen molar-refractivity contribution >= 4 is 12.1 Å². The van der Waals surface area contributed by atoms with E-state index in [1.807, 2.05) is 6.07 Å². The van der Waals surface area contributed by atoms with Gasteiger partial charge in [-0.2, -0.15) is 0 Å². The van der Waals surface area contributed by atoms with Crippen LogP contribution >= 0.6 is 0 Å². The molecule has 0 N–H and O–H groups in total. The monoisotopic (exact) mass is 202 g/mol. The van der Waals surface area contributed by atoms with Gasteiger partial charge in [0.05, 0.1) is 0 Å². The molecule has 0 fully saturated rings. The van der Waals surface area contributed by atoms with E-state index in [9.17, 15) is 9.59 Å². The summed E-state index contributed by atoms with van der Waals surface area (Å²) < 4.78 is 0. The lowest BCUT2D eigenvalue weighted by Crippen LogP contribution is -2.10. The second-order valence-electron chi connectivity index (χ2n) is 4.05. The zero-order valence-corrected chi connectivity index (χ0v) is 8.88. The molecule has 0 aliphatic heterocycles. The van der Waals surface area contributed by atoms with Crippen molar-refractivity contribution in [2.24, 2.45) is 0 Å². The summed E-state index contributed by atoms with van der Waals surface area (Å²) in [4.78, 5) is 22.4. The fourth-order valence-electron chi connectivity index (χ4n) is 2.30. The third-order valence-corrected chi connectivity index (χ3v) is 3.07. The number of aryl methyl sites for hydroxylation is 1. The molecule has 0 saturated carbocycles. The van der Waals surface area contributed by atoms with Crippen LogP contribution in [0, 0.1) is 0 Å². The van der Waals surface area contributed by atoms with Crippen molar-refractivity contribution in [1.29, 1.82) is 0 Å². The molecule has 0 amide bonds. The van der Waals surface area contributed by atoms with Crippen molar-refractivity contribution in [3.05, 3.63) is 34.4 Å². The van der Waals surface area contributed by atoms with Gasteiger partial charge in [0.25, 0.3) is 0 Å². The summed E-state index contributed by atoms with van der Waals surface area (Å²) in [6.07, 6.45) is 5.11. The quantitative estimate of drug-likeness (QED) is 0.545. The molecule has 0 heterocycles. The Morgan fingerprint density at radius 3 is 2.67 bits per heavy atom. The Morgan fingerprint density at radius 1 is 1.27 bits per heavy atom. The average Bonchev–Trinajstić information content (AvgIpc) is 2.27. The molecule has 2 nitrogen and oxygen atoms in total. The summed E-state index contributed by atoms with van der Waals surface area (Å²) in [6, 6.07) is 3.79. The zero-order valence-electron chi connectivity index (χ0n) is 8.88. The third-order valence-electron chi connectivity index (χ3n) is 3.07. The SMILES string of the molecule is CC(=O)c1ccc2c(c1C=O)CCCC2. The number of hydrogen-bond donors (Lipinski definition) is 0. The minimum atomic E-state index is -0.0227. The number of ketones is 1. The molecule has 0 radical (unpaired) electrons. The molecule has 78 valence electrons. The predicted octanol–water partition coefficient (Wildman–Crippen LogP) is 2.58.